The third-order valence-corrected chi connectivity index (χ3v) is 3.91. The predicted octanol–water partition coefficient (Wildman–Crippen LogP) is 1.66. The first-order chi connectivity index (χ1) is 8.90. The summed E-state index contributed by atoms with van der Waals surface area (Å²) in [5.41, 5.74) is 0.704. The fourth-order valence-electron chi connectivity index (χ4n) is 2.59. The van der Waals surface area contributed by atoms with Crippen molar-refractivity contribution in [2.45, 2.75) is 31.7 Å². The molecule has 1 unspecified atom stereocenters. The summed E-state index contributed by atoms with van der Waals surface area (Å²) in [5, 5.41) is 12.7. The van der Waals surface area contributed by atoms with E-state index < -0.39 is 0 Å². The molecular weight excluding hydrogens is 296 g/mol. The van der Waals surface area contributed by atoms with Crippen molar-refractivity contribution in [1.29, 1.82) is 0 Å². The molecule has 7 heteroatoms. The smallest absolute Gasteiger partial charge is 0.199 e. The van der Waals surface area contributed by atoms with E-state index in [4.69, 9.17) is 0 Å². The van der Waals surface area contributed by atoms with Gasteiger partial charge in [-0.15, -0.1) is 5.10 Å². The highest BCUT2D eigenvalue weighted by atomic mass is 79.9. The Morgan fingerprint density at radius 2 is 2.28 bits per heavy atom. The van der Waals surface area contributed by atoms with Crippen LogP contribution in [0.1, 0.15) is 25.7 Å². The first kappa shape index (κ1) is 11.8. The van der Waals surface area contributed by atoms with Gasteiger partial charge in [0.25, 0.3) is 0 Å². The number of alkyl halides is 1. The van der Waals surface area contributed by atoms with E-state index in [0.29, 0.717) is 11.7 Å². The van der Waals surface area contributed by atoms with Gasteiger partial charge >= 0.3 is 0 Å². The van der Waals surface area contributed by atoms with Gasteiger partial charge in [0, 0.05) is 17.9 Å². The molecule has 0 aliphatic carbocycles. The second-order valence-corrected chi connectivity index (χ2v) is 5.33. The molecule has 1 aliphatic heterocycles. The zero-order valence-corrected chi connectivity index (χ0v) is 11.6. The highest BCUT2D eigenvalue weighted by Gasteiger charge is 2.24. The molecule has 1 fully saturated rings. The van der Waals surface area contributed by atoms with Gasteiger partial charge in [-0.05, 0) is 36.1 Å². The number of fused-ring (bicyclic) bond motifs is 1. The van der Waals surface area contributed by atoms with E-state index >= 15 is 0 Å². The first-order valence-corrected chi connectivity index (χ1v) is 7.37. The summed E-state index contributed by atoms with van der Waals surface area (Å²) in [6.07, 6.45) is 8.43. The summed E-state index contributed by atoms with van der Waals surface area (Å²) in [4.78, 5) is 6.63. The number of hydrogen-bond acceptors (Lipinski definition) is 5. The Morgan fingerprint density at radius 1 is 1.33 bits per heavy atom. The lowest BCUT2D eigenvalue weighted by atomic mass is 10.0. The number of anilines is 1. The monoisotopic (exact) mass is 310 g/mol. The molecule has 3 rings (SSSR count). The average molecular weight is 311 g/mol. The van der Waals surface area contributed by atoms with Gasteiger partial charge in [-0.25, -0.2) is 0 Å². The number of halogens is 1. The Bertz CT molecular complexity index is 525. The molecule has 1 saturated heterocycles. The molecule has 2 aromatic heterocycles. The van der Waals surface area contributed by atoms with Crippen molar-refractivity contribution in [3.05, 3.63) is 12.4 Å². The molecule has 1 atom stereocenters. The topological polar surface area (TPSA) is 59.2 Å². The molecule has 96 valence electrons. The van der Waals surface area contributed by atoms with Gasteiger partial charge in [0.1, 0.15) is 0 Å². The van der Waals surface area contributed by atoms with Crippen LogP contribution >= 0.6 is 15.9 Å². The van der Waals surface area contributed by atoms with Crippen LogP contribution in [0.2, 0.25) is 0 Å². The average Bonchev–Trinajstić information content (AvgIpc) is 2.88. The Hall–Kier alpha value is -1.24. The van der Waals surface area contributed by atoms with E-state index in [9.17, 15) is 0 Å². The van der Waals surface area contributed by atoms with Crippen LogP contribution in [-0.2, 0) is 0 Å². The molecule has 3 heterocycles. The van der Waals surface area contributed by atoms with Gasteiger partial charge < -0.3 is 4.90 Å². The van der Waals surface area contributed by atoms with Gasteiger partial charge in [-0.3, -0.25) is 4.98 Å². The van der Waals surface area contributed by atoms with Crippen molar-refractivity contribution in [2.75, 3.05) is 16.8 Å². The van der Waals surface area contributed by atoms with Crippen LogP contribution in [-0.4, -0.2) is 42.9 Å². The van der Waals surface area contributed by atoms with E-state index in [0.717, 1.165) is 24.1 Å². The third kappa shape index (κ3) is 2.07. The molecule has 1 aliphatic rings. The number of piperidine rings is 1. The lowest BCUT2D eigenvalue weighted by Gasteiger charge is -2.36. The second-order valence-electron chi connectivity index (χ2n) is 4.54. The summed E-state index contributed by atoms with van der Waals surface area (Å²) in [7, 11) is 0. The van der Waals surface area contributed by atoms with Crippen molar-refractivity contribution >= 4 is 27.4 Å². The van der Waals surface area contributed by atoms with Crippen LogP contribution in [0.5, 0.6) is 0 Å². The van der Waals surface area contributed by atoms with Crippen molar-refractivity contribution in [2.24, 2.45) is 0 Å². The number of aromatic nitrogens is 5. The van der Waals surface area contributed by atoms with Gasteiger partial charge in [0.2, 0.25) is 0 Å². The third-order valence-electron chi connectivity index (χ3n) is 3.45. The maximum atomic E-state index is 4.24. The number of rotatable bonds is 3. The highest BCUT2D eigenvalue weighted by molar-refractivity contribution is 9.09. The SMILES string of the molecule is BrCCC1CCCCN1c1cncc2nnnn12. The van der Waals surface area contributed by atoms with Gasteiger partial charge in [-0.1, -0.05) is 15.9 Å². The van der Waals surface area contributed by atoms with Crippen molar-refractivity contribution < 1.29 is 0 Å². The minimum absolute atomic E-state index is 0.551. The van der Waals surface area contributed by atoms with Crippen LogP contribution in [0.3, 0.4) is 0 Å². The van der Waals surface area contributed by atoms with E-state index in [1.807, 2.05) is 6.20 Å². The zero-order valence-electron chi connectivity index (χ0n) is 10.0. The lowest BCUT2D eigenvalue weighted by Crippen LogP contribution is -2.41. The standard InChI is InChI=1S/C11H15BrN6/c12-5-4-9-3-1-2-6-17(9)11-8-13-7-10-14-15-16-18(10)11/h7-9H,1-6H2. The Balaban J connectivity index is 1.98. The van der Waals surface area contributed by atoms with Gasteiger partial charge in [-0.2, -0.15) is 4.52 Å². The van der Waals surface area contributed by atoms with Crippen LogP contribution in [0, 0.1) is 0 Å². The largest absolute Gasteiger partial charge is 0.352 e. The summed E-state index contributed by atoms with van der Waals surface area (Å²) in [6, 6.07) is 0.551. The van der Waals surface area contributed by atoms with E-state index in [-0.39, 0.29) is 0 Å². The first-order valence-electron chi connectivity index (χ1n) is 6.25. The molecule has 0 N–H and O–H groups in total. The summed E-state index contributed by atoms with van der Waals surface area (Å²) in [6.45, 7) is 1.05. The molecule has 0 amide bonds. The fraction of sp³-hybridized carbons (Fsp3) is 0.636. The molecule has 0 spiro atoms. The normalized spacial score (nSPS) is 20.5. The number of hydrogen-bond donors (Lipinski definition) is 0. The molecule has 18 heavy (non-hydrogen) atoms. The van der Waals surface area contributed by atoms with Crippen LogP contribution in [0.4, 0.5) is 5.82 Å². The van der Waals surface area contributed by atoms with Crippen molar-refractivity contribution in [3.63, 3.8) is 0 Å². The Kier molecular flexibility index (Phi) is 3.40. The molecule has 0 aromatic carbocycles. The van der Waals surface area contributed by atoms with Gasteiger partial charge in [0.15, 0.2) is 11.5 Å². The number of nitrogens with zero attached hydrogens (tertiary/aromatic N) is 6. The lowest BCUT2D eigenvalue weighted by molar-refractivity contribution is 0.446. The predicted molar refractivity (Wildman–Crippen MR) is 72.0 cm³/mol. The summed E-state index contributed by atoms with van der Waals surface area (Å²) >= 11 is 3.54. The highest BCUT2D eigenvalue weighted by Crippen LogP contribution is 2.26. The summed E-state index contributed by atoms with van der Waals surface area (Å²) < 4.78 is 1.78. The van der Waals surface area contributed by atoms with Crippen molar-refractivity contribution in [3.8, 4) is 0 Å². The maximum absolute atomic E-state index is 4.24. The molecule has 2 aromatic rings. The minimum Gasteiger partial charge on any atom is -0.352 e. The van der Waals surface area contributed by atoms with Crippen LogP contribution in [0.15, 0.2) is 12.4 Å². The van der Waals surface area contributed by atoms with E-state index in [1.54, 1.807) is 10.7 Å². The molecule has 6 nitrogen and oxygen atoms in total. The Morgan fingerprint density at radius 3 is 3.17 bits per heavy atom. The van der Waals surface area contributed by atoms with E-state index in [2.05, 4.69) is 41.3 Å². The fourth-order valence-corrected chi connectivity index (χ4v) is 3.12. The van der Waals surface area contributed by atoms with Crippen molar-refractivity contribution in [1.82, 2.24) is 25.0 Å². The summed E-state index contributed by atoms with van der Waals surface area (Å²) in [5.74, 6) is 1.00. The van der Waals surface area contributed by atoms with Crippen LogP contribution in [0.25, 0.3) is 5.65 Å². The zero-order chi connectivity index (χ0) is 12.4. The second kappa shape index (κ2) is 5.17. The Labute approximate surface area is 114 Å². The molecule has 0 saturated carbocycles. The maximum Gasteiger partial charge on any atom is 0.199 e. The quantitative estimate of drug-likeness (QED) is 0.807. The van der Waals surface area contributed by atoms with E-state index in [1.165, 1.54) is 19.3 Å². The van der Waals surface area contributed by atoms with Crippen LogP contribution < -0.4 is 4.90 Å². The van der Waals surface area contributed by atoms with Gasteiger partial charge in [0.05, 0.1) is 12.4 Å². The molecular formula is C11H15BrN6. The molecule has 0 bridgehead atoms. The minimum atomic E-state index is 0.551. The molecule has 0 radical (unpaired) electrons. The number of tetrazole rings is 1.